The maximum absolute atomic E-state index is 11.2. The first-order chi connectivity index (χ1) is 8.07. The number of aromatic carboxylic acids is 2. The van der Waals surface area contributed by atoms with E-state index in [1.165, 1.54) is 13.8 Å². The van der Waals surface area contributed by atoms with Gasteiger partial charge >= 0.3 is 30.8 Å². The zero-order valence-corrected chi connectivity index (χ0v) is 11.3. The Bertz CT molecular complexity index is 654. The fraction of sp³-hybridized carbons (Fsp3) is 0.200. The Hall–Kier alpha value is -1.33. The Morgan fingerprint density at radius 3 is 1.95 bits per heavy atom. The van der Waals surface area contributed by atoms with Crippen LogP contribution in [-0.4, -0.2) is 35.1 Å². The van der Waals surface area contributed by atoms with Crippen LogP contribution in [-0.2, 0) is 10.1 Å². The molecule has 0 aliphatic carbocycles. The van der Waals surface area contributed by atoms with Gasteiger partial charge in [-0.15, -0.1) is 0 Å². The van der Waals surface area contributed by atoms with Crippen molar-refractivity contribution in [2.45, 2.75) is 18.7 Å². The van der Waals surface area contributed by atoms with Crippen molar-refractivity contribution < 1.29 is 53.1 Å². The molecule has 0 saturated heterocycles. The second-order valence-electron chi connectivity index (χ2n) is 3.66. The maximum Gasteiger partial charge on any atom is 1.00 e. The summed E-state index contributed by atoms with van der Waals surface area (Å²) < 4.78 is 31.4. The molecule has 7 nitrogen and oxygen atoms in total. The zero-order valence-electron chi connectivity index (χ0n) is 11.5. The number of carboxylic acids is 2. The average molecular weight is 282 g/mol. The third-order valence-corrected chi connectivity index (χ3v) is 3.44. The Balaban J connectivity index is 0. The van der Waals surface area contributed by atoms with E-state index in [4.69, 9.17) is 14.8 Å². The molecule has 1 aromatic rings. The van der Waals surface area contributed by atoms with Gasteiger partial charge in [-0.1, -0.05) is 0 Å². The number of rotatable bonds is 3. The van der Waals surface area contributed by atoms with Crippen LogP contribution in [0.2, 0.25) is 0 Å². The van der Waals surface area contributed by atoms with Crippen LogP contribution >= 0.6 is 0 Å². The van der Waals surface area contributed by atoms with Gasteiger partial charge in [-0.05, 0) is 31.0 Å². The summed E-state index contributed by atoms with van der Waals surface area (Å²) in [5.74, 6) is -3.25. The molecule has 1 rings (SSSR count). The molecule has 0 unspecified atom stereocenters. The van der Waals surface area contributed by atoms with E-state index >= 15 is 0 Å². The molecule has 0 atom stereocenters. The second kappa shape index (κ2) is 5.75. The standard InChI is InChI=1S/C10H10O7S.Li.H/c1-4-3-6(9(11)12)8(18(15,16)17)7(5(4)2)10(13)14;;/h3H,1-2H3,(H,11,12)(H,13,14)(H,15,16,17);;/q;+1;-1. The number of benzene rings is 1. The molecule has 0 aliphatic rings. The van der Waals surface area contributed by atoms with Crippen LogP contribution in [0.5, 0.6) is 0 Å². The predicted molar refractivity (Wildman–Crippen MR) is 60.8 cm³/mol. The van der Waals surface area contributed by atoms with Gasteiger partial charge in [-0.25, -0.2) is 9.59 Å². The van der Waals surface area contributed by atoms with E-state index in [1.54, 1.807) is 0 Å². The van der Waals surface area contributed by atoms with Crippen molar-refractivity contribution in [3.63, 3.8) is 0 Å². The summed E-state index contributed by atoms with van der Waals surface area (Å²) in [5.41, 5.74) is -1.11. The van der Waals surface area contributed by atoms with Crippen molar-refractivity contribution in [1.82, 2.24) is 0 Å². The van der Waals surface area contributed by atoms with Gasteiger partial charge in [0.15, 0.2) is 0 Å². The van der Waals surface area contributed by atoms with Gasteiger partial charge in [0, 0.05) is 0 Å². The number of hydrogen-bond acceptors (Lipinski definition) is 4. The van der Waals surface area contributed by atoms with Gasteiger partial charge in [-0.2, -0.15) is 8.42 Å². The van der Waals surface area contributed by atoms with Crippen molar-refractivity contribution in [1.29, 1.82) is 0 Å². The number of carboxylic acid groups (broad SMARTS) is 2. The van der Waals surface area contributed by atoms with Crippen molar-refractivity contribution in [2.24, 2.45) is 0 Å². The summed E-state index contributed by atoms with van der Waals surface area (Å²) in [6, 6.07) is 1.01. The minimum atomic E-state index is -4.96. The minimum Gasteiger partial charge on any atom is -1.00 e. The van der Waals surface area contributed by atoms with Crippen molar-refractivity contribution in [3.8, 4) is 0 Å². The molecule has 0 heterocycles. The Kier molecular flexibility index (Phi) is 5.35. The third kappa shape index (κ3) is 3.36. The van der Waals surface area contributed by atoms with Gasteiger partial charge in [0.05, 0.1) is 11.1 Å². The number of carbonyl (C=O) groups is 2. The molecule has 100 valence electrons. The van der Waals surface area contributed by atoms with Crippen LogP contribution < -0.4 is 18.9 Å². The van der Waals surface area contributed by atoms with E-state index < -0.39 is 38.1 Å². The van der Waals surface area contributed by atoms with Gasteiger partial charge in [0.25, 0.3) is 10.1 Å². The Morgan fingerprint density at radius 2 is 1.63 bits per heavy atom. The monoisotopic (exact) mass is 282 g/mol. The summed E-state index contributed by atoms with van der Waals surface area (Å²) in [7, 11) is -4.96. The second-order valence-corrected chi connectivity index (χ2v) is 5.01. The molecular formula is C10H11LiO7S. The third-order valence-electron chi connectivity index (χ3n) is 2.50. The molecule has 0 spiro atoms. The summed E-state index contributed by atoms with van der Waals surface area (Å²) in [5, 5.41) is 17.9. The van der Waals surface area contributed by atoms with E-state index in [-0.39, 0.29) is 25.9 Å². The molecule has 9 heteroatoms. The summed E-state index contributed by atoms with van der Waals surface area (Å²) in [6.45, 7) is 2.78. The van der Waals surface area contributed by atoms with Crippen LogP contribution in [0.3, 0.4) is 0 Å². The first-order valence-electron chi connectivity index (χ1n) is 4.65. The summed E-state index contributed by atoms with van der Waals surface area (Å²) >= 11 is 0. The summed E-state index contributed by atoms with van der Waals surface area (Å²) in [4.78, 5) is 20.9. The molecule has 1 aromatic carbocycles. The van der Waals surface area contributed by atoms with Crippen LogP contribution in [0.1, 0.15) is 33.3 Å². The molecule has 0 aliphatic heterocycles. The van der Waals surface area contributed by atoms with Gasteiger partial charge in [-0.3, -0.25) is 4.55 Å². The van der Waals surface area contributed by atoms with Gasteiger partial charge < -0.3 is 11.6 Å². The minimum absolute atomic E-state index is 0. The van der Waals surface area contributed by atoms with Crippen LogP contribution in [0.25, 0.3) is 0 Å². The average Bonchev–Trinajstić information content (AvgIpc) is 2.18. The topological polar surface area (TPSA) is 129 Å². The van der Waals surface area contributed by atoms with E-state index in [0.29, 0.717) is 5.56 Å². The number of aryl methyl sites for hydroxylation is 1. The van der Waals surface area contributed by atoms with Crippen molar-refractivity contribution in [3.05, 3.63) is 28.3 Å². The number of hydrogen-bond donors (Lipinski definition) is 3. The smallest absolute Gasteiger partial charge is 1.00 e. The molecule has 0 radical (unpaired) electrons. The maximum atomic E-state index is 11.2. The predicted octanol–water partition coefficient (Wildman–Crippen LogP) is -1.94. The molecule has 19 heavy (non-hydrogen) atoms. The fourth-order valence-electron chi connectivity index (χ4n) is 1.58. The molecule has 3 N–H and O–H groups in total. The van der Waals surface area contributed by atoms with Gasteiger partial charge in [0.1, 0.15) is 4.90 Å². The Morgan fingerprint density at radius 1 is 1.16 bits per heavy atom. The molecular weight excluding hydrogens is 271 g/mol. The SMILES string of the molecule is Cc1cc(C(=O)O)c(S(=O)(=O)O)c(C(=O)O)c1C.[H-].[Li+]. The fourth-order valence-corrected chi connectivity index (χ4v) is 2.50. The van der Waals surface area contributed by atoms with Crippen LogP contribution in [0.15, 0.2) is 11.0 Å². The largest absolute Gasteiger partial charge is 1.00 e. The molecule has 0 saturated carbocycles. The summed E-state index contributed by atoms with van der Waals surface area (Å²) in [6.07, 6.45) is 0. The first kappa shape index (κ1) is 17.7. The molecule has 0 bridgehead atoms. The van der Waals surface area contributed by atoms with E-state index in [1.807, 2.05) is 0 Å². The molecule has 0 aromatic heterocycles. The van der Waals surface area contributed by atoms with E-state index in [0.717, 1.165) is 6.07 Å². The zero-order chi connectivity index (χ0) is 14.2. The van der Waals surface area contributed by atoms with Crippen molar-refractivity contribution >= 4 is 22.1 Å². The first-order valence-corrected chi connectivity index (χ1v) is 6.09. The molecule has 0 fully saturated rings. The quantitative estimate of drug-likeness (QED) is 0.434. The van der Waals surface area contributed by atoms with E-state index in [9.17, 15) is 18.0 Å². The van der Waals surface area contributed by atoms with Gasteiger partial charge in [0.2, 0.25) is 0 Å². The van der Waals surface area contributed by atoms with E-state index in [2.05, 4.69) is 0 Å². The van der Waals surface area contributed by atoms with Crippen LogP contribution in [0.4, 0.5) is 0 Å². The van der Waals surface area contributed by atoms with Crippen molar-refractivity contribution in [2.75, 3.05) is 0 Å². The van der Waals surface area contributed by atoms with Crippen LogP contribution in [0, 0.1) is 13.8 Å². The molecule has 0 amide bonds. The normalized spacial score (nSPS) is 10.7. The Labute approximate surface area is 122 Å².